The van der Waals surface area contributed by atoms with Crippen LogP contribution in [0.5, 0.6) is 11.5 Å². The van der Waals surface area contributed by atoms with Gasteiger partial charge in [-0.05, 0) is 61.4 Å². The van der Waals surface area contributed by atoms with Gasteiger partial charge in [-0.1, -0.05) is 12.8 Å². The van der Waals surface area contributed by atoms with Gasteiger partial charge >= 0.3 is 16.3 Å². The highest BCUT2D eigenvalue weighted by molar-refractivity contribution is 7.87. The number of rotatable bonds is 8. The van der Waals surface area contributed by atoms with Gasteiger partial charge in [0, 0.05) is 29.5 Å². The number of anilines is 3. The fourth-order valence-corrected chi connectivity index (χ4v) is 5.31. The molecule has 200 valence electrons. The van der Waals surface area contributed by atoms with Crippen molar-refractivity contribution >= 4 is 38.5 Å². The van der Waals surface area contributed by atoms with E-state index in [4.69, 9.17) is 8.92 Å². The van der Waals surface area contributed by atoms with Crippen LogP contribution in [0.4, 0.5) is 30.5 Å². The SMILES string of the molecule is COc1cc(Nc2nc3cc(OS(=O)(=O)c4ccc(NC5CCCC5)cc4)ccc3[nH]2)cc(C(F)(F)F)c1. The van der Waals surface area contributed by atoms with E-state index in [0.717, 1.165) is 30.7 Å². The van der Waals surface area contributed by atoms with Crippen molar-refractivity contribution in [2.45, 2.75) is 42.8 Å². The first-order chi connectivity index (χ1) is 18.1. The standard InChI is InChI=1S/C26H25F3N4O4S/c1-36-21-13-16(26(27,28)29)12-19(14-21)31-25-32-23-11-8-20(15-24(23)33-25)37-38(34,35)22-9-6-18(7-10-22)30-17-4-2-3-5-17/h6-15,17,30H,2-5H2,1H3,(H2,31,32,33). The van der Waals surface area contributed by atoms with Crippen molar-refractivity contribution in [3.05, 3.63) is 66.2 Å². The molecule has 1 fully saturated rings. The van der Waals surface area contributed by atoms with Crippen molar-refractivity contribution in [2.24, 2.45) is 0 Å². The minimum absolute atomic E-state index is 0.0115. The summed E-state index contributed by atoms with van der Waals surface area (Å²) in [5.74, 6) is 0.234. The molecule has 0 radical (unpaired) electrons. The van der Waals surface area contributed by atoms with Crippen LogP contribution in [-0.4, -0.2) is 31.5 Å². The van der Waals surface area contributed by atoms with E-state index in [1.807, 2.05) is 0 Å². The number of hydrogen-bond donors (Lipinski definition) is 3. The van der Waals surface area contributed by atoms with Crippen LogP contribution in [0.2, 0.25) is 0 Å². The zero-order chi connectivity index (χ0) is 26.9. The summed E-state index contributed by atoms with van der Waals surface area (Å²) in [6, 6.07) is 14.5. The number of methoxy groups -OCH3 is 1. The highest BCUT2D eigenvalue weighted by Crippen LogP contribution is 2.35. The third-order valence-corrected chi connectivity index (χ3v) is 7.52. The van der Waals surface area contributed by atoms with Gasteiger partial charge in [0.05, 0.1) is 23.7 Å². The smallest absolute Gasteiger partial charge is 0.416 e. The van der Waals surface area contributed by atoms with Crippen LogP contribution in [-0.2, 0) is 16.3 Å². The quantitative estimate of drug-likeness (QED) is 0.218. The summed E-state index contributed by atoms with van der Waals surface area (Å²) in [6.45, 7) is 0. The second-order valence-electron chi connectivity index (χ2n) is 9.02. The molecule has 4 aromatic rings. The molecule has 1 aliphatic carbocycles. The number of fused-ring (bicyclic) bond motifs is 1. The maximum absolute atomic E-state index is 13.2. The molecule has 8 nitrogen and oxygen atoms in total. The largest absolute Gasteiger partial charge is 0.497 e. The zero-order valence-corrected chi connectivity index (χ0v) is 21.1. The van der Waals surface area contributed by atoms with Crippen molar-refractivity contribution in [2.75, 3.05) is 17.7 Å². The van der Waals surface area contributed by atoms with E-state index >= 15 is 0 Å². The minimum Gasteiger partial charge on any atom is -0.497 e. The third kappa shape index (κ3) is 5.80. The minimum atomic E-state index is -4.55. The number of alkyl halides is 3. The number of halogens is 3. The molecule has 1 heterocycles. The molecule has 3 N–H and O–H groups in total. The molecule has 0 atom stereocenters. The Bertz CT molecular complexity index is 1550. The molecule has 12 heteroatoms. The molecule has 0 amide bonds. The summed E-state index contributed by atoms with van der Waals surface area (Å²) in [5, 5.41) is 6.20. The number of hydrogen-bond acceptors (Lipinski definition) is 7. The average molecular weight is 547 g/mol. The van der Waals surface area contributed by atoms with Crippen molar-refractivity contribution < 1.29 is 30.5 Å². The first-order valence-corrected chi connectivity index (χ1v) is 13.3. The van der Waals surface area contributed by atoms with Crippen LogP contribution in [0, 0.1) is 0 Å². The van der Waals surface area contributed by atoms with Gasteiger partial charge in [-0.15, -0.1) is 0 Å². The summed E-state index contributed by atoms with van der Waals surface area (Å²) >= 11 is 0. The van der Waals surface area contributed by atoms with Gasteiger partial charge in [-0.2, -0.15) is 21.6 Å². The summed E-state index contributed by atoms with van der Waals surface area (Å²) in [4.78, 5) is 7.26. The Morgan fingerprint density at radius 3 is 2.37 bits per heavy atom. The molecular formula is C26H25F3N4O4S. The van der Waals surface area contributed by atoms with Gasteiger partial charge < -0.3 is 24.5 Å². The van der Waals surface area contributed by atoms with Crippen LogP contribution in [0.3, 0.4) is 0 Å². The van der Waals surface area contributed by atoms with E-state index in [0.29, 0.717) is 17.1 Å². The lowest BCUT2D eigenvalue weighted by Gasteiger charge is -2.14. The number of imidazole rings is 1. The van der Waals surface area contributed by atoms with Crippen LogP contribution in [0.15, 0.2) is 65.6 Å². The van der Waals surface area contributed by atoms with E-state index in [1.165, 1.54) is 50.3 Å². The zero-order valence-electron chi connectivity index (χ0n) is 20.3. The molecule has 1 saturated carbocycles. The lowest BCUT2D eigenvalue weighted by Crippen LogP contribution is -2.14. The Hall–Kier alpha value is -3.93. The number of nitrogens with one attached hydrogen (secondary N) is 3. The highest BCUT2D eigenvalue weighted by atomic mass is 32.2. The summed E-state index contributed by atoms with van der Waals surface area (Å²) in [6.07, 6.45) is 0.0312. The third-order valence-electron chi connectivity index (χ3n) is 6.26. The number of benzene rings is 3. The van der Waals surface area contributed by atoms with E-state index in [1.54, 1.807) is 18.2 Å². The molecule has 0 bridgehead atoms. The van der Waals surface area contributed by atoms with Gasteiger partial charge in [0.15, 0.2) is 0 Å². The average Bonchev–Trinajstić information content (AvgIpc) is 3.52. The molecule has 1 aromatic heterocycles. The highest BCUT2D eigenvalue weighted by Gasteiger charge is 2.31. The molecule has 38 heavy (non-hydrogen) atoms. The molecule has 0 unspecified atom stereocenters. The Kier molecular flexibility index (Phi) is 6.82. The lowest BCUT2D eigenvalue weighted by molar-refractivity contribution is -0.137. The van der Waals surface area contributed by atoms with E-state index in [-0.39, 0.29) is 28.0 Å². The Morgan fingerprint density at radius 2 is 1.68 bits per heavy atom. The van der Waals surface area contributed by atoms with Gasteiger partial charge in [0.1, 0.15) is 16.4 Å². The topological polar surface area (TPSA) is 105 Å². The molecule has 1 aliphatic rings. The van der Waals surface area contributed by atoms with Crippen molar-refractivity contribution in [1.82, 2.24) is 9.97 Å². The number of aromatic amines is 1. The molecule has 0 spiro atoms. The lowest BCUT2D eigenvalue weighted by atomic mass is 10.2. The normalized spacial score (nSPS) is 14.5. The molecule has 0 saturated heterocycles. The van der Waals surface area contributed by atoms with Gasteiger partial charge in [-0.3, -0.25) is 0 Å². The van der Waals surface area contributed by atoms with Crippen LogP contribution in [0.25, 0.3) is 11.0 Å². The Balaban J connectivity index is 1.31. The van der Waals surface area contributed by atoms with E-state index < -0.39 is 21.9 Å². The van der Waals surface area contributed by atoms with Gasteiger partial charge in [-0.25, -0.2) is 4.98 Å². The maximum atomic E-state index is 13.2. The summed E-state index contributed by atoms with van der Waals surface area (Å²) < 4.78 is 75.6. The van der Waals surface area contributed by atoms with Gasteiger partial charge in [0.2, 0.25) is 5.95 Å². The maximum Gasteiger partial charge on any atom is 0.416 e. The first kappa shape index (κ1) is 25.7. The molecule has 5 rings (SSSR count). The summed E-state index contributed by atoms with van der Waals surface area (Å²) in [5.41, 5.74) is 0.973. The number of nitrogens with zero attached hydrogens (tertiary/aromatic N) is 1. The molecular weight excluding hydrogens is 521 g/mol. The second-order valence-corrected chi connectivity index (χ2v) is 10.6. The number of aromatic nitrogens is 2. The van der Waals surface area contributed by atoms with Crippen molar-refractivity contribution in [3.8, 4) is 11.5 Å². The second kappa shape index (κ2) is 10.1. The van der Waals surface area contributed by atoms with Crippen LogP contribution < -0.4 is 19.6 Å². The monoisotopic (exact) mass is 546 g/mol. The fraction of sp³-hybridized carbons (Fsp3) is 0.269. The van der Waals surface area contributed by atoms with E-state index in [2.05, 4.69) is 20.6 Å². The van der Waals surface area contributed by atoms with Crippen LogP contribution in [0.1, 0.15) is 31.2 Å². The van der Waals surface area contributed by atoms with E-state index in [9.17, 15) is 21.6 Å². The first-order valence-electron chi connectivity index (χ1n) is 11.9. The number of ether oxygens (including phenoxy) is 1. The van der Waals surface area contributed by atoms with Crippen LogP contribution >= 0.6 is 0 Å². The Morgan fingerprint density at radius 1 is 0.947 bits per heavy atom. The number of H-pyrrole nitrogens is 1. The molecule has 3 aromatic carbocycles. The molecule has 0 aliphatic heterocycles. The predicted octanol–water partition coefficient (Wildman–Crippen LogP) is 6.46. The van der Waals surface area contributed by atoms with Crippen molar-refractivity contribution in [1.29, 1.82) is 0 Å². The Labute approximate surface area is 217 Å². The predicted molar refractivity (Wildman–Crippen MR) is 138 cm³/mol. The fourth-order valence-electron chi connectivity index (χ4n) is 4.38. The van der Waals surface area contributed by atoms with Gasteiger partial charge in [0.25, 0.3) is 0 Å². The van der Waals surface area contributed by atoms with Crippen molar-refractivity contribution in [3.63, 3.8) is 0 Å². The summed E-state index contributed by atoms with van der Waals surface area (Å²) in [7, 11) is -2.82.